The lowest BCUT2D eigenvalue weighted by atomic mass is 9.99. The summed E-state index contributed by atoms with van der Waals surface area (Å²) in [5.41, 5.74) is 2.43. The van der Waals surface area contributed by atoms with Crippen LogP contribution in [-0.4, -0.2) is 7.05 Å². The quantitative estimate of drug-likeness (QED) is 0.885. The van der Waals surface area contributed by atoms with Gasteiger partial charge in [0.25, 0.3) is 0 Å². The SMILES string of the molecule is CNC(c1ccc(Cl)cc1)c1cccc(Br)c1. The normalized spacial score (nSPS) is 12.4. The summed E-state index contributed by atoms with van der Waals surface area (Å²) >= 11 is 9.40. The van der Waals surface area contributed by atoms with Crippen LogP contribution in [0.5, 0.6) is 0 Å². The lowest BCUT2D eigenvalue weighted by Gasteiger charge is -2.17. The molecule has 0 radical (unpaired) electrons. The number of hydrogen-bond acceptors (Lipinski definition) is 1. The fourth-order valence-corrected chi connectivity index (χ4v) is 2.41. The standard InChI is InChI=1S/C14H13BrClN/c1-17-14(10-5-7-13(16)8-6-10)11-3-2-4-12(15)9-11/h2-9,14,17H,1H3. The summed E-state index contributed by atoms with van der Waals surface area (Å²) in [6, 6.07) is 16.4. The van der Waals surface area contributed by atoms with Crippen LogP contribution in [0.1, 0.15) is 17.2 Å². The monoisotopic (exact) mass is 309 g/mol. The maximum Gasteiger partial charge on any atom is 0.0574 e. The van der Waals surface area contributed by atoms with Crippen LogP contribution in [-0.2, 0) is 0 Å². The van der Waals surface area contributed by atoms with Crippen LogP contribution in [0.3, 0.4) is 0 Å². The van der Waals surface area contributed by atoms with Gasteiger partial charge in [-0.2, -0.15) is 0 Å². The Morgan fingerprint density at radius 2 is 1.76 bits per heavy atom. The van der Waals surface area contributed by atoms with Gasteiger partial charge in [0, 0.05) is 9.50 Å². The number of hydrogen-bond donors (Lipinski definition) is 1. The third-order valence-corrected chi connectivity index (χ3v) is 3.42. The van der Waals surface area contributed by atoms with Gasteiger partial charge in [-0.25, -0.2) is 0 Å². The van der Waals surface area contributed by atoms with Crippen molar-refractivity contribution in [2.24, 2.45) is 0 Å². The van der Waals surface area contributed by atoms with Crippen LogP contribution >= 0.6 is 27.5 Å². The molecule has 1 unspecified atom stereocenters. The molecular weight excluding hydrogens is 298 g/mol. The second kappa shape index (κ2) is 5.67. The summed E-state index contributed by atoms with van der Waals surface area (Å²) in [6.45, 7) is 0. The van der Waals surface area contributed by atoms with Crippen LogP contribution in [0.4, 0.5) is 0 Å². The van der Waals surface area contributed by atoms with E-state index in [1.54, 1.807) is 0 Å². The van der Waals surface area contributed by atoms with E-state index in [2.05, 4.69) is 33.4 Å². The zero-order chi connectivity index (χ0) is 12.3. The van der Waals surface area contributed by atoms with E-state index < -0.39 is 0 Å². The van der Waals surface area contributed by atoms with Crippen molar-refractivity contribution in [3.63, 3.8) is 0 Å². The average molecular weight is 311 g/mol. The van der Waals surface area contributed by atoms with Gasteiger partial charge in [0.2, 0.25) is 0 Å². The molecule has 0 bridgehead atoms. The third-order valence-electron chi connectivity index (χ3n) is 2.67. The Bertz CT molecular complexity index is 496. The van der Waals surface area contributed by atoms with Gasteiger partial charge < -0.3 is 5.32 Å². The number of halogens is 2. The van der Waals surface area contributed by atoms with E-state index in [1.807, 2.05) is 43.4 Å². The van der Waals surface area contributed by atoms with E-state index in [0.29, 0.717) is 0 Å². The van der Waals surface area contributed by atoms with E-state index in [1.165, 1.54) is 11.1 Å². The van der Waals surface area contributed by atoms with Gasteiger partial charge in [0.1, 0.15) is 0 Å². The smallest absolute Gasteiger partial charge is 0.0574 e. The zero-order valence-electron chi connectivity index (χ0n) is 9.45. The van der Waals surface area contributed by atoms with E-state index in [4.69, 9.17) is 11.6 Å². The van der Waals surface area contributed by atoms with Crippen molar-refractivity contribution in [3.8, 4) is 0 Å². The van der Waals surface area contributed by atoms with E-state index in [0.717, 1.165) is 9.50 Å². The second-order valence-electron chi connectivity index (χ2n) is 3.83. The highest BCUT2D eigenvalue weighted by molar-refractivity contribution is 9.10. The first-order chi connectivity index (χ1) is 8.20. The van der Waals surface area contributed by atoms with Crippen LogP contribution in [0.15, 0.2) is 53.0 Å². The molecule has 2 aromatic rings. The molecule has 0 amide bonds. The third kappa shape index (κ3) is 3.09. The predicted octanol–water partition coefficient (Wildman–Crippen LogP) is 4.41. The van der Waals surface area contributed by atoms with E-state index >= 15 is 0 Å². The topological polar surface area (TPSA) is 12.0 Å². The maximum absolute atomic E-state index is 5.90. The minimum absolute atomic E-state index is 0.185. The molecule has 0 heterocycles. The van der Waals surface area contributed by atoms with Crippen molar-refractivity contribution in [2.45, 2.75) is 6.04 Å². The molecule has 0 saturated carbocycles. The lowest BCUT2D eigenvalue weighted by Crippen LogP contribution is -2.17. The molecule has 0 aliphatic rings. The number of nitrogens with one attached hydrogen (secondary N) is 1. The molecule has 2 rings (SSSR count). The molecular formula is C14H13BrClN. The fraction of sp³-hybridized carbons (Fsp3) is 0.143. The van der Waals surface area contributed by atoms with Crippen LogP contribution < -0.4 is 5.32 Å². The first kappa shape index (κ1) is 12.6. The molecule has 1 nitrogen and oxygen atoms in total. The summed E-state index contributed by atoms with van der Waals surface area (Å²) in [5.74, 6) is 0. The van der Waals surface area contributed by atoms with Gasteiger partial charge in [-0.1, -0.05) is 51.8 Å². The first-order valence-corrected chi connectivity index (χ1v) is 6.56. The Morgan fingerprint density at radius 1 is 1.06 bits per heavy atom. The maximum atomic E-state index is 5.90. The van der Waals surface area contributed by atoms with Gasteiger partial charge in [-0.15, -0.1) is 0 Å². The summed E-state index contributed by atoms with van der Waals surface area (Å²) in [6.07, 6.45) is 0. The van der Waals surface area contributed by atoms with Crippen molar-refractivity contribution in [1.82, 2.24) is 5.32 Å². The van der Waals surface area contributed by atoms with Gasteiger partial charge in [0.15, 0.2) is 0 Å². The van der Waals surface area contributed by atoms with Crippen LogP contribution in [0.25, 0.3) is 0 Å². The molecule has 2 aromatic carbocycles. The van der Waals surface area contributed by atoms with Crippen molar-refractivity contribution >= 4 is 27.5 Å². The molecule has 17 heavy (non-hydrogen) atoms. The van der Waals surface area contributed by atoms with Crippen LogP contribution in [0, 0.1) is 0 Å². The Morgan fingerprint density at radius 3 is 2.35 bits per heavy atom. The molecule has 0 aliphatic carbocycles. The Hall–Kier alpha value is -0.830. The van der Waals surface area contributed by atoms with Crippen molar-refractivity contribution in [1.29, 1.82) is 0 Å². The zero-order valence-corrected chi connectivity index (χ0v) is 11.8. The molecule has 0 saturated heterocycles. The Kier molecular flexibility index (Phi) is 4.21. The second-order valence-corrected chi connectivity index (χ2v) is 5.18. The Labute approximate surface area is 115 Å². The molecule has 0 aliphatic heterocycles. The molecule has 1 atom stereocenters. The number of benzene rings is 2. The molecule has 88 valence electrons. The van der Waals surface area contributed by atoms with Crippen LogP contribution in [0.2, 0.25) is 5.02 Å². The van der Waals surface area contributed by atoms with E-state index in [-0.39, 0.29) is 6.04 Å². The lowest BCUT2D eigenvalue weighted by molar-refractivity contribution is 0.691. The predicted molar refractivity (Wildman–Crippen MR) is 76.5 cm³/mol. The molecule has 1 N–H and O–H groups in total. The van der Waals surface area contributed by atoms with Crippen molar-refractivity contribution < 1.29 is 0 Å². The van der Waals surface area contributed by atoms with Gasteiger partial charge in [0.05, 0.1) is 6.04 Å². The fourth-order valence-electron chi connectivity index (χ4n) is 1.87. The van der Waals surface area contributed by atoms with Crippen molar-refractivity contribution in [2.75, 3.05) is 7.05 Å². The summed E-state index contributed by atoms with van der Waals surface area (Å²) < 4.78 is 1.09. The first-order valence-electron chi connectivity index (χ1n) is 5.39. The molecule has 0 fully saturated rings. The van der Waals surface area contributed by atoms with Gasteiger partial charge >= 0.3 is 0 Å². The summed E-state index contributed by atoms with van der Waals surface area (Å²) in [5, 5.41) is 4.08. The highest BCUT2D eigenvalue weighted by Gasteiger charge is 2.11. The van der Waals surface area contributed by atoms with Gasteiger partial charge in [-0.3, -0.25) is 0 Å². The Balaban J connectivity index is 2.36. The van der Waals surface area contributed by atoms with Crippen molar-refractivity contribution in [3.05, 3.63) is 69.2 Å². The molecule has 0 spiro atoms. The minimum Gasteiger partial charge on any atom is -0.309 e. The summed E-state index contributed by atoms with van der Waals surface area (Å²) in [4.78, 5) is 0. The highest BCUT2D eigenvalue weighted by Crippen LogP contribution is 2.25. The molecule has 3 heteroatoms. The van der Waals surface area contributed by atoms with E-state index in [9.17, 15) is 0 Å². The number of rotatable bonds is 3. The highest BCUT2D eigenvalue weighted by atomic mass is 79.9. The van der Waals surface area contributed by atoms with Gasteiger partial charge in [-0.05, 0) is 42.4 Å². The average Bonchev–Trinajstić information content (AvgIpc) is 2.33. The minimum atomic E-state index is 0.185. The summed E-state index contributed by atoms with van der Waals surface area (Å²) in [7, 11) is 1.96. The largest absolute Gasteiger partial charge is 0.309 e. The molecule has 0 aromatic heterocycles.